The zero-order valence-corrected chi connectivity index (χ0v) is 17.1. The Kier molecular flexibility index (Phi) is 6.19. The van der Waals surface area contributed by atoms with Crippen molar-refractivity contribution < 1.29 is 14.0 Å². The molecular weight excluding hydrogens is 387 g/mol. The second-order valence-electron chi connectivity index (χ2n) is 7.71. The van der Waals surface area contributed by atoms with Crippen molar-refractivity contribution in [2.45, 2.75) is 43.0 Å². The molecule has 152 valence electrons. The first kappa shape index (κ1) is 20.0. The lowest BCUT2D eigenvalue weighted by molar-refractivity contribution is -0.129. The van der Waals surface area contributed by atoms with Gasteiger partial charge in [0.15, 0.2) is 0 Å². The first-order valence-corrected chi connectivity index (χ1v) is 11.2. The summed E-state index contributed by atoms with van der Waals surface area (Å²) in [7, 11) is 0. The third kappa shape index (κ3) is 4.99. The largest absolute Gasteiger partial charge is 0.349 e. The molecule has 1 fully saturated rings. The van der Waals surface area contributed by atoms with Gasteiger partial charge in [0, 0.05) is 29.6 Å². The Balaban J connectivity index is 1.22. The number of nitrogens with one attached hydrogen (secondary N) is 1. The minimum absolute atomic E-state index is 0.0426. The van der Waals surface area contributed by atoms with Crippen LogP contribution in [0, 0.1) is 5.82 Å². The number of hydrogen-bond acceptors (Lipinski definition) is 3. The van der Waals surface area contributed by atoms with E-state index in [-0.39, 0.29) is 23.7 Å². The molecule has 0 atom stereocenters. The summed E-state index contributed by atoms with van der Waals surface area (Å²) in [6, 6.07) is 12.1. The fraction of sp³-hybridized carbons (Fsp3) is 0.391. The molecule has 0 aromatic heterocycles. The van der Waals surface area contributed by atoms with Crippen LogP contribution >= 0.6 is 11.8 Å². The normalized spacial score (nSPS) is 16.5. The lowest BCUT2D eigenvalue weighted by atomic mass is 10.0. The van der Waals surface area contributed by atoms with Crippen molar-refractivity contribution in [3.05, 3.63) is 65.0 Å². The monoisotopic (exact) mass is 412 g/mol. The van der Waals surface area contributed by atoms with Crippen LogP contribution in [0.3, 0.4) is 0 Å². The van der Waals surface area contributed by atoms with Crippen molar-refractivity contribution in [1.82, 2.24) is 10.2 Å². The minimum atomic E-state index is -0.355. The highest BCUT2D eigenvalue weighted by molar-refractivity contribution is 8.00. The van der Waals surface area contributed by atoms with Crippen LogP contribution in [0.2, 0.25) is 0 Å². The standard InChI is InChI=1S/C23H25FN2O2S/c24-19-7-4-17(5-8-19)23(28)25-20-10-12-26(13-11-20)22(27)15-29-21-9-6-16-2-1-3-18(16)14-21/h4-9,14,20H,1-3,10-13,15H2,(H,25,28). The quantitative estimate of drug-likeness (QED) is 0.760. The lowest BCUT2D eigenvalue weighted by Crippen LogP contribution is -2.47. The number of benzene rings is 2. The number of rotatable bonds is 5. The number of amides is 2. The van der Waals surface area contributed by atoms with Gasteiger partial charge in [-0.2, -0.15) is 0 Å². The van der Waals surface area contributed by atoms with E-state index < -0.39 is 0 Å². The summed E-state index contributed by atoms with van der Waals surface area (Å²) in [6.07, 6.45) is 5.03. The summed E-state index contributed by atoms with van der Waals surface area (Å²) in [6.45, 7) is 1.30. The van der Waals surface area contributed by atoms with Gasteiger partial charge in [-0.15, -0.1) is 11.8 Å². The van der Waals surface area contributed by atoms with E-state index >= 15 is 0 Å². The van der Waals surface area contributed by atoms with E-state index in [4.69, 9.17) is 0 Å². The zero-order chi connectivity index (χ0) is 20.2. The predicted molar refractivity (Wildman–Crippen MR) is 113 cm³/mol. The third-order valence-electron chi connectivity index (χ3n) is 5.72. The molecule has 1 saturated heterocycles. The fourth-order valence-corrected chi connectivity index (χ4v) is 4.88. The smallest absolute Gasteiger partial charge is 0.251 e. The van der Waals surface area contributed by atoms with E-state index in [0.717, 1.165) is 19.3 Å². The Morgan fingerprint density at radius 3 is 2.52 bits per heavy atom. The molecule has 1 N–H and O–H groups in total. The second-order valence-corrected chi connectivity index (χ2v) is 8.76. The summed E-state index contributed by atoms with van der Waals surface area (Å²) < 4.78 is 13.0. The van der Waals surface area contributed by atoms with Crippen LogP contribution in [0.4, 0.5) is 4.39 Å². The topological polar surface area (TPSA) is 49.4 Å². The van der Waals surface area contributed by atoms with Gasteiger partial charge in [0.1, 0.15) is 5.82 Å². The number of fused-ring (bicyclic) bond motifs is 1. The molecule has 0 spiro atoms. The number of aryl methyl sites for hydroxylation is 2. The van der Waals surface area contributed by atoms with Gasteiger partial charge in [-0.3, -0.25) is 9.59 Å². The molecule has 0 unspecified atom stereocenters. The molecular formula is C23H25FN2O2S. The third-order valence-corrected chi connectivity index (χ3v) is 6.70. The summed E-state index contributed by atoms with van der Waals surface area (Å²) in [5, 5.41) is 2.99. The first-order valence-electron chi connectivity index (χ1n) is 10.2. The Hall–Kier alpha value is -2.34. The van der Waals surface area contributed by atoms with Gasteiger partial charge in [0.2, 0.25) is 5.91 Å². The molecule has 29 heavy (non-hydrogen) atoms. The van der Waals surface area contributed by atoms with Crippen molar-refractivity contribution in [3.8, 4) is 0 Å². The van der Waals surface area contributed by atoms with Gasteiger partial charge in [-0.05, 0) is 79.6 Å². The molecule has 1 aliphatic heterocycles. The summed E-state index contributed by atoms with van der Waals surface area (Å²) in [5.74, 6) is 0.0534. The van der Waals surface area contributed by atoms with Crippen LogP contribution in [0.15, 0.2) is 47.4 Å². The molecule has 2 aliphatic rings. The van der Waals surface area contributed by atoms with Crippen molar-refractivity contribution in [2.24, 2.45) is 0 Å². The SMILES string of the molecule is O=C(NC1CCN(C(=O)CSc2ccc3c(c2)CCC3)CC1)c1ccc(F)cc1. The molecule has 0 radical (unpaired) electrons. The highest BCUT2D eigenvalue weighted by Gasteiger charge is 2.24. The lowest BCUT2D eigenvalue weighted by Gasteiger charge is -2.32. The number of hydrogen-bond donors (Lipinski definition) is 1. The zero-order valence-electron chi connectivity index (χ0n) is 16.3. The molecule has 1 heterocycles. The molecule has 0 saturated carbocycles. The van der Waals surface area contributed by atoms with E-state index in [1.807, 2.05) is 4.90 Å². The second kappa shape index (κ2) is 8.99. The maximum absolute atomic E-state index is 13.0. The summed E-state index contributed by atoms with van der Waals surface area (Å²) in [4.78, 5) is 27.9. The van der Waals surface area contributed by atoms with Gasteiger partial charge in [-0.1, -0.05) is 6.07 Å². The van der Waals surface area contributed by atoms with Crippen molar-refractivity contribution in [1.29, 1.82) is 0 Å². The molecule has 1 aliphatic carbocycles. The Labute approximate surface area is 174 Å². The van der Waals surface area contributed by atoms with Gasteiger partial charge in [0.25, 0.3) is 5.91 Å². The number of carbonyl (C=O) groups is 2. The van der Waals surface area contributed by atoms with Crippen molar-refractivity contribution >= 4 is 23.6 Å². The number of halogens is 1. The van der Waals surface area contributed by atoms with Crippen LogP contribution in [0.5, 0.6) is 0 Å². The van der Waals surface area contributed by atoms with Crippen molar-refractivity contribution in [3.63, 3.8) is 0 Å². The average Bonchev–Trinajstić information content (AvgIpc) is 3.21. The molecule has 2 aromatic carbocycles. The van der Waals surface area contributed by atoms with Crippen LogP contribution in [0.1, 0.15) is 40.7 Å². The van der Waals surface area contributed by atoms with Crippen LogP contribution < -0.4 is 5.32 Å². The van der Waals surface area contributed by atoms with E-state index in [0.29, 0.717) is 24.4 Å². The van der Waals surface area contributed by atoms with E-state index in [9.17, 15) is 14.0 Å². The van der Waals surface area contributed by atoms with Gasteiger partial charge in [0.05, 0.1) is 5.75 Å². The van der Waals surface area contributed by atoms with Crippen molar-refractivity contribution in [2.75, 3.05) is 18.8 Å². The molecule has 4 nitrogen and oxygen atoms in total. The van der Waals surface area contributed by atoms with E-state index in [1.54, 1.807) is 11.8 Å². The number of likely N-dealkylation sites (tertiary alicyclic amines) is 1. The maximum atomic E-state index is 13.0. The highest BCUT2D eigenvalue weighted by atomic mass is 32.2. The molecule has 2 amide bonds. The number of carbonyl (C=O) groups excluding carboxylic acids is 2. The highest BCUT2D eigenvalue weighted by Crippen LogP contribution is 2.28. The number of piperidine rings is 1. The molecule has 0 bridgehead atoms. The van der Waals surface area contributed by atoms with Gasteiger partial charge in [-0.25, -0.2) is 4.39 Å². The summed E-state index contributed by atoms with van der Waals surface area (Å²) in [5.41, 5.74) is 3.33. The van der Waals surface area contributed by atoms with E-state index in [2.05, 4.69) is 23.5 Å². The maximum Gasteiger partial charge on any atom is 0.251 e. The van der Waals surface area contributed by atoms with Crippen LogP contribution in [0.25, 0.3) is 0 Å². The molecule has 6 heteroatoms. The van der Waals surface area contributed by atoms with Gasteiger partial charge < -0.3 is 10.2 Å². The summed E-state index contributed by atoms with van der Waals surface area (Å²) >= 11 is 1.61. The first-order chi connectivity index (χ1) is 14.1. The van der Waals surface area contributed by atoms with Gasteiger partial charge >= 0.3 is 0 Å². The van der Waals surface area contributed by atoms with Crippen LogP contribution in [-0.4, -0.2) is 41.6 Å². The predicted octanol–water partition coefficient (Wildman–Crippen LogP) is 3.83. The van der Waals surface area contributed by atoms with Crippen LogP contribution in [-0.2, 0) is 17.6 Å². The average molecular weight is 413 g/mol. The van der Waals surface area contributed by atoms with E-state index in [1.165, 1.54) is 53.1 Å². The molecule has 4 rings (SSSR count). The Bertz CT molecular complexity index is 892. The minimum Gasteiger partial charge on any atom is -0.349 e. The Morgan fingerprint density at radius 2 is 1.76 bits per heavy atom. The number of thioether (sulfide) groups is 1. The Morgan fingerprint density at radius 1 is 1.03 bits per heavy atom. The molecule has 2 aromatic rings. The number of nitrogens with zero attached hydrogens (tertiary/aromatic N) is 1. The fourth-order valence-electron chi connectivity index (χ4n) is 4.02.